The summed E-state index contributed by atoms with van der Waals surface area (Å²) in [5.41, 5.74) is 12.4. The van der Waals surface area contributed by atoms with Gasteiger partial charge in [0.15, 0.2) is 6.29 Å². The molecule has 4 atom stereocenters. The van der Waals surface area contributed by atoms with E-state index in [1.54, 1.807) is 0 Å². The smallest absolute Gasteiger partial charge is 0.184 e. The fourth-order valence-corrected chi connectivity index (χ4v) is 6.85. The largest absolute Gasteiger partial charge is 0.392 e. The van der Waals surface area contributed by atoms with Crippen LogP contribution < -0.4 is 5.73 Å². The molecule has 0 amide bonds. The maximum Gasteiger partial charge on any atom is 0.184 e. The first-order chi connectivity index (χ1) is 23.1. The van der Waals surface area contributed by atoms with Crippen LogP contribution in [0.5, 0.6) is 0 Å². The van der Waals surface area contributed by atoms with E-state index in [0.29, 0.717) is 6.54 Å². The summed E-state index contributed by atoms with van der Waals surface area (Å²) >= 11 is 0. The van der Waals surface area contributed by atoms with Crippen molar-refractivity contribution in [2.45, 2.75) is 129 Å². The van der Waals surface area contributed by atoms with Crippen molar-refractivity contribution in [2.75, 3.05) is 19.6 Å². The molecule has 0 unspecified atom stereocenters. The summed E-state index contributed by atoms with van der Waals surface area (Å²) in [6, 6.07) is 25.3. The molecule has 0 saturated carbocycles. The predicted octanol–water partition coefficient (Wildman–Crippen LogP) is 10.1. The molecule has 0 bridgehead atoms. The van der Waals surface area contributed by atoms with Gasteiger partial charge in [0.05, 0.1) is 18.8 Å². The molecule has 0 aromatic heterocycles. The first-order valence-corrected chi connectivity index (χ1v) is 18.7. The van der Waals surface area contributed by atoms with E-state index in [1.807, 2.05) is 12.1 Å². The lowest BCUT2D eigenvalue weighted by Gasteiger charge is -2.43. The molecule has 3 aromatic carbocycles. The number of ether oxygens (including phenoxy) is 2. The number of hydrogen-bond donors (Lipinski definition) is 2. The van der Waals surface area contributed by atoms with Gasteiger partial charge in [0.1, 0.15) is 0 Å². The highest BCUT2D eigenvalue weighted by Gasteiger charge is 2.39. The number of rotatable bonds is 21. The van der Waals surface area contributed by atoms with Gasteiger partial charge >= 0.3 is 0 Å². The third-order valence-electron chi connectivity index (χ3n) is 9.87. The second-order valence-corrected chi connectivity index (χ2v) is 13.7. The second-order valence-electron chi connectivity index (χ2n) is 13.7. The van der Waals surface area contributed by atoms with E-state index >= 15 is 0 Å². The van der Waals surface area contributed by atoms with E-state index in [4.69, 9.17) is 15.2 Å². The van der Waals surface area contributed by atoms with Gasteiger partial charge in [0.2, 0.25) is 0 Å². The van der Waals surface area contributed by atoms with Gasteiger partial charge in [-0.3, -0.25) is 0 Å². The fraction of sp³-hybridized carbons (Fsp3) is 0.571. The van der Waals surface area contributed by atoms with Gasteiger partial charge in [0, 0.05) is 24.6 Å². The lowest BCUT2D eigenvalue weighted by atomic mass is 9.89. The minimum Gasteiger partial charge on any atom is -0.392 e. The summed E-state index contributed by atoms with van der Waals surface area (Å²) < 4.78 is 13.8. The Labute approximate surface area is 285 Å². The number of unbranched alkanes of at least 4 members (excludes halogenated alkanes) is 10. The molecule has 0 spiro atoms. The molecule has 0 radical (unpaired) electrons. The molecule has 1 aliphatic heterocycles. The van der Waals surface area contributed by atoms with Gasteiger partial charge in [-0.2, -0.15) is 0 Å². The minimum absolute atomic E-state index is 0.0284. The summed E-state index contributed by atoms with van der Waals surface area (Å²) in [4.78, 5) is 2.68. The average Bonchev–Trinajstić information content (AvgIpc) is 3.12. The predicted molar refractivity (Wildman–Crippen MR) is 196 cm³/mol. The Morgan fingerprint density at radius 1 is 0.660 bits per heavy atom. The highest BCUT2D eigenvalue weighted by molar-refractivity contribution is 5.65. The maximum atomic E-state index is 9.67. The van der Waals surface area contributed by atoms with Gasteiger partial charge < -0.3 is 25.2 Å². The zero-order chi connectivity index (χ0) is 33.3. The van der Waals surface area contributed by atoms with Crippen LogP contribution in [0.15, 0.2) is 72.8 Å². The topological polar surface area (TPSA) is 68.0 Å². The summed E-state index contributed by atoms with van der Waals surface area (Å²) in [7, 11) is 0. The highest BCUT2D eigenvalue weighted by atomic mass is 16.7. The van der Waals surface area contributed by atoms with Crippen LogP contribution >= 0.6 is 0 Å². The van der Waals surface area contributed by atoms with E-state index < -0.39 is 6.29 Å². The van der Waals surface area contributed by atoms with Gasteiger partial charge in [-0.25, -0.2) is 0 Å². The molecule has 4 rings (SSSR count). The summed E-state index contributed by atoms with van der Waals surface area (Å²) in [6.07, 6.45) is 15.2. The quantitative estimate of drug-likeness (QED) is 0.113. The Kier molecular flexibility index (Phi) is 16.5. The molecular formula is C42H62N2O3. The van der Waals surface area contributed by atoms with Crippen molar-refractivity contribution in [1.29, 1.82) is 0 Å². The maximum absolute atomic E-state index is 9.67. The van der Waals surface area contributed by atoms with Crippen LogP contribution in [0.25, 0.3) is 11.1 Å². The van der Waals surface area contributed by atoms with Gasteiger partial charge in [0.25, 0.3) is 0 Å². The summed E-state index contributed by atoms with van der Waals surface area (Å²) in [5.74, 6) is 0.173. The Bertz CT molecular complexity index is 1260. The molecule has 258 valence electrons. The van der Waals surface area contributed by atoms with Crippen molar-refractivity contribution in [2.24, 2.45) is 11.7 Å². The SMILES string of the molecule is CCCCCCCCN(CCCCCCCC)C[C@@H]1O[C@H](c2cccc(-c3cccc(CN)c3)c2)O[C@H](c2ccc(CO)cc2)[C@@H]1C. The first kappa shape index (κ1) is 37.3. The molecule has 5 heteroatoms. The number of benzene rings is 3. The van der Waals surface area contributed by atoms with Crippen molar-refractivity contribution in [1.82, 2.24) is 4.90 Å². The van der Waals surface area contributed by atoms with Crippen LogP contribution in [0.1, 0.15) is 132 Å². The van der Waals surface area contributed by atoms with Crippen LogP contribution in [-0.4, -0.2) is 35.7 Å². The molecule has 3 aromatic rings. The van der Waals surface area contributed by atoms with Gasteiger partial charge in [-0.15, -0.1) is 0 Å². The lowest BCUT2D eigenvalue weighted by molar-refractivity contribution is -0.276. The minimum atomic E-state index is -0.471. The molecule has 1 heterocycles. The van der Waals surface area contributed by atoms with E-state index in [9.17, 15) is 5.11 Å². The van der Waals surface area contributed by atoms with Crippen molar-refractivity contribution in [3.63, 3.8) is 0 Å². The Morgan fingerprint density at radius 2 is 1.26 bits per heavy atom. The van der Waals surface area contributed by atoms with Crippen molar-refractivity contribution in [3.8, 4) is 11.1 Å². The summed E-state index contributed by atoms with van der Waals surface area (Å²) in [6.45, 7) is 10.6. The van der Waals surface area contributed by atoms with Crippen molar-refractivity contribution in [3.05, 3.63) is 95.1 Å². The van der Waals surface area contributed by atoms with Gasteiger partial charge in [-0.1, -0.05) is 146 Å². The fourth-order valence-electron chi connectivity index (χ4n) is 6.85. The number of aliphatic hydroxyl groups excluding tert-OH is 1. The monoisotopic (exact) mass is 642 g/mol. The summed E-state index contributed by atoms with van der Waals surface area (Å²) in [5, 5.41) is 9.67. The molecule has 3 N–H and O–H groups in total. The molecule has 1 fully saturated rings. The molecule has 1 aliphatic rings. The number of nitrogens with zero attached hydrogens (tertiary/aromatic N) is 1. The molecule has 1 saturated heterocycles. The highest BCUT2D eigenvalue weighted by Crippen LogP contribution is 2.42. The first-order valence-electron chi connectivity index (χ1n) is 18.7. The Morgan fingerprint density at radius 3 is 1.87 bits per heavy atom. The lowest BCUT2D eigenvalue weighted by Crippen LogP contribution is -2.45. The number of nitrogens with two attached hydrogens (primary N) is 1. The van der Waals surface area contributed by atoms with Gasteiger partial charge in [-0.05, 0) is 65.9 Å². The molecular weight excluding hydrogens is 580 g/mol. The molecule has 47 heavy (non-hydrogen) atoms. The standard InChI is InChI=1S/C42H62N2O3/c1-4-6-8-10-12-14-26-44(27-15-13-11-9-7-5-2)31-40-33(3)41(36-24-22-34(32-45)23-25-36)47-42(46-40)39-21-17-20-38(29-39)37-19-16-18-35(28-37)30-43/h16-25,28-29,33,40-42,45H,4-15,26-27,30-32,43H2,1-3H3/t33-,40+,41+,42+/m1/s1. The van der Waals surface area contributed by atoms with E-state index in [1.165, 1.54) is 77.0 Å². The second kappa shape index (κ2) is 20.7. The van der Waals surface area contributed by atoms with Crippen molar-refractivity contribution >= 4 is 0 Å². The molecule has 0 aliphatic carbocycles. The van der Waals surface area contributed by atoms with Crippen LogP contribution in [-0.2, 0) is 22.6 Å². The zero-order valence-corrected chi connectivity index (χ0v) is 29.5. The Hall–Kier alpha value is -2.54. The number of aliphatic hydroxyl groups is 1. The number of hydrogen-bond acceptors (Lipinski definition) is 5. The molecule has 5 nitrogen and oxygen atoms in total. The van der Waals surface area contributed by atoms with E-state index in [0.717, 1.165) is 53.0 Å². The normalized spacial score (nSPS) is 19.8. The Balaban J connectivity index is 1.55. The van der Waals surface area contributed by atoms with Crippen LogP contribution in [0.4, 0.5) is 0 Å². The zero-order valence-electron chi connectivity index (χ0n) is 29.5. The van der Waals surface area contributed by atoms with E-state index in [2.05, 4.69) is 86.3 Å². The van der Waals surface area contributed by atoms with Crippen LogP contribution in [0, 0.1) is 5.92 Å². The average molecular weight is 643 g/mol. The third kappa shape index (κ3) is 11.8. The van der Waals surface area contributed by atoms with Crippen LogP contribution in [0.2, 0.25) is 0 Å². The van der Waals surface area contributed by atoms with Crippen LogP contribution in [0.3, 0.4) is 0 Å². The third-order valence-corrected chi connectivity index (χ3v) is 9.87. The van der Waals surface area contributed by atoms with E-state index in [-0.39, 0.29) is 24.7 Å². The van der Waals surface area contributed by atoms with Crippen molar-refractivity contribution < 1.29 is 14.6 Å².